The summed E-state index contributed by atoms with van der Waals surface area (Å²) in [7, 11) is 2.05. The molecule has 0 aromatic carbocycles. The molecule has 1 fully saturated rings. The molecular formula is C24H28ClN7O2. The largest absolute Gasteiger partial charge is 0.439 e. The van der Waals surface area contributed by atoms with E-state index >= 15 is 0 Å². The van der Waals surface area contributed by atoms with Crippen LogP contribution in [0.5, 0.6) is 0 Å². The van der Waals surface area contributed by atoms with Crippen molar-refractivity contribution in [2.75, 3.05) is 18.5 Å². The molecule has 0 atom stereocenters. The predicted octanol–water partition coefficient (Wildman–Crippen LogP) is 4.77. The molecule has 10 heteroatoms. The molecule has 1 N–H and O–H groups in total. The van der Waals surface area contributed by atoms with Gasteiger partial charge in [-0.05, 0) is 43.7 Å². The summed E-state index contributed by atoms with van der Waals surface area (Å²) in [6.07, 6.45) is 8.25. The van der Waals surface area contributed by atoms with E-state index in [-0.39, 0.29) is 5.82 Å². The van der Waals surface area contributed by atoms with Gasteiger partial charge in [-0.3, -0.25) is 14.5 Å². The number of imidazole rings is 1. The van der Waals surface area contributed by atoms with Crippen LogP contribution in [0.25, 0.3) is 33.8 Å². The quantitative estimate of drug-likeness (QED) is 0.422. The van der Waals surface area contributed by atoms with E-state index in [1.165, 1.54) is 25.7 Å². The summed E-state index contributed by atoms with van der Waals surface area (Å²) in [5.74, 6) is 1.88. The van der Waals surface area contributed by atoms with Gasteiger partial charge in [0, 0.05) is 38.1 Å². The van der Waals surface area contributed by atoms with Crippen molar-refractivity contribution in [1.29, 1.82) is 0 Å². The topological polar surface area (TPSA) is 106 Å². The van der Waals surface area contributed by atoms with E-state index in [0.29, 0.717) is 22.3 Å². The standard InChI is InChI=1S/C24H28ClN7O2/c1-4-31(3)23-28-18-10-19(22-29-24(33)34-30-22)27-20(16-9-17(25)12-26-11-16)21(18)32(23)13-15-7-5-14(2)6-8-15/h9-12,14-15H,4-8,13H2,1-3H3,(H,29,30,33)/t14-,15-. The second-order valence-corrected chi connectivity index (χ2v) is 9.66. The normalized spacial score (nSPS) is 18.5. The molecule has 0 amide bonds. The molecule has 1 saturated carbocycles. The van der Waals surface area contributed by atoms with Crippen molar-refractivity contribution in [2.45, 2.75) is 46.1 Å². The van der Waals surface area contributed by atoms with Crippen LogP contribution < -0.4 is 10.7 Å². The lowest BCUT2D eigenvalue weighted by Gasteiger charge is -2.28. The number of hydrogen-bond acceptors (Lipinski definition) is 7. The lowest BCUT2D eigenvalue weighted by molar-refractivity contribution is 0.267. The number of H-pyrrole nitrogens is 1. The zero-order chi connectivity index (χ0) is 23.8. The van der Waals surface area contributed by atoms with E-state index < -0.39 is 5.76 Å². The number of nitrogens with zero attached hydrogens (tertiary/aromatic N) is 6. The molecule has 0 saturated heterocycles. The van der Waals surface area contributed by atoms with Crippen LogP contribution in [-0.4, -0.2) is 43.3 Å². The summed E-state index contributed by atoms with van der Waals surface area (Å²) in [6.45, 7) is 6.13. The Hall–Kier alpha value is -3.20. The second kappa shape index (κ2) is 9.21. The monoisotopic (exact) mass is 481 g/mol. The number of rotatable bonds is 6. The summed E-state index contributed by atoms with van der Waals surface area (Å²) in [6, 6.07) is 3.69. The third-order valence-corrected chi connectivity index (χ3v) is 6.96. The minimum Gasteiger partial charge on any atom is -0.346 e. The van der Waals surface area contributed by atoms with Crippen LogP contribution in [-0.2, 0) is 6.54 Å². The van der Waals surface area contributed by atoms with Crippen LogP contribution in [0.15, 0.2) is 33.8 Å². The van der Waals surface area contributed by atoms with Crippen molar-refractivity contribution in [3.8, 4) is 22.8 Å². The third kappa shape index (κ3) is 4.32. The van der Waals surface area contributed by atoms with Crippen LogP contribution in [0.4, 0.5) is 5.95 Å². The molecule has 0 aliphatic heterocycles. The Morgan fingerprint density at radius 2 is 2.00 bits per heavy atom. The first-order chi connectivity index (χ1) is 16.4. The fourth-order valence-corrected chi connectivity index (χ4v) is 4.90. The first-order valence-electron chi connectivity index (χ1n) is 11.7. The molecule has 0 radical (unpaired) electrons. The van der Waals surface area contributed by atoms with Crippen molar-refractivity contribution in [3.05, 3.63) is 40.1 Å². The molecule has 178 valence electrons. The van der Waals surface area contributed by atoms with Gasteiger partial charge in [0.25, 0.3) is 0 Å². The Bertz CT molecular complexity index is 1370. The number of aromatic amines is 1. The van der Waals surface area contributed by atoms with Gasteiger partial charge in [0.2, 0.25) is 11.8 Å². The fourth-order valence-electron chi connectivity index (χ4n) is 4.72. The molecule has 4 aromatic heterocycles. The zero-order valence-corrected chi connectivity index (χ0v) is 20.3. The van der Waals surface area contributed by atoms with Gasteiger partial charge in [0.05, 0.1) is 21.7 Å². The second-order valence-electron chi connectivity index (χ2n) is 9.22. The maximum Gasteiger partial charge on any atom is 0.439 e. The molecule has 0 unspecified atom stereocenters. The van der Waals surface area contributed by atoms with E-state index in [1.807, 2.05) is 19.2 Å². The number of halogens is 1. The number of anilines is 1. The van der Waals surface area contributed by atoms with Crippen molar-refractivity contribution in [1.82, 2.24) is 29.7 Å². The smallest absolute Gasteiger partial charge is 0.346 e. The van der Waals surface area contributed by atoms with Crippen molar-refractivity contribution >= 4 is 28.6 Å². The molecule has 1 aliphatic carbocycles. The van der Waals surface area contributed by atoms with Crippen LogP contribution in [0.2, 0.25) is 5.02 Å². The Morgan fingerprint density at radius 1 is 1.21 bits per heavy atom. The Balaban J connectivity index is 1.74. The minimum atomic E-state index is -0.633. The molecule has 4 aromatic rings. The van der Waals surface area contributed by atoms with Gasteiger partial charge in [-0.25, -0.2) is 14.8 Å². The Labute approximate surface area is 202 Å². The fraction of sp³-hybridized carbons (Fsp3) is 0.458. The van der Waals surface area contributed by atoms with Gasteiger partial charge in [0.15, 0.2) is 0 Å². The number of pyridine rings is 2. The summed E-state index contributed by atoms with van der Waals surface area (Å²) in [5.41, 5.74) is 3.62. The van der Waals surface area contributed by atoms with Crippen molar-refractivity contribution in [3.63, 3.8) is 0 Å². The lowest BCUT2D eigenvalue weighted by atomic mass is 9.83. The Morgan fingerprint density at radius 3 is 2.68 bits per heavy atom. The summed E-state index contributed by atoms with van der Waals surface area (Å²) in [5, 5.41) is 4.35. The molecular weight excluding hydrogens is 454 g/mol. The first-order valence-corrected chi connectivity index (χ1v) is 12.1. The van der Waals surface area contributed by atoms with Crippen LogP contribution in [0.1, 0.15) is 39.5 Å². The highest BCUT2D eigenvalue weighted by molar-refractivity contribution is 6.30. The van der Waals surface area contributed by atoms with Crippen molar-refractivity contribution in [2.24, 2.45) is 11.8 Å². The predicted molar refractivity (Wildman–Crippen MR) is 132 cm³/mol. The summed E-state index contributed by atoms with van der Waals surface area (Å²) < 4.78 is 7.01. The molecule has 4 heterocycles. The zero-order valence-electron chi connectivity index (χ0n) is 19.6. The minimum absolute atomic E-state index is 0.254. The lowest BCUT2D eigenvalue weighted by Crippen LogP contribution is -2.24. The molecule has 9 nitrogen and oxygen atoms in total. The maximum absolute atomic E-state index is 11.6. The highest BCUT2D eigenvalue weighted by atomic mass is 35.5. The van der Waals surface area contributed by atoms with E-state index in [9.17, 15) is 4.79 Å². The van der Waals surface area contributed by atoms with Gasteiger partial charge in [0.1, 0.15) is 5.69 Å². The number of aromatic nitrogens is 6. The van der Waals surface area contributed by atoms with E-state index in [1.54, 1.807) is 12.4 Å². The van der Waals surface area contributed by atoms with E-state index in [2.05, 4.69) is 38.4 Å². The molecule has 5 rings (SSSR count). The van der Waals surface area contributed by atoms with Gasteiger partial charge < -0.3 is 9.47 Å². The average molecular weight is 482 g/mol. The van der Waals surface area contributed by atoms with Crippen LogP contribution in [0, 0.1) is 11.8 Å². The van der Waals surface area contributed by atoms with Gasteiger partial charge >= 0.3 is 5.76 Å². The molecule has 0 bridgehead atoms. The molecule has 1 aliphatic rings. The molecule has 0 spiro atoms. The van der Waals surface area contributed by atoms with Gasteiger partial charge in [-0.15, -0.1) is 0 Å². The van der Waals surface area contributed by atoms with E-state index in [0.717, 1.165) is 41.6 Å². The molecule has 34 heavy (non-hydrogen) atoms. The summed E-state index contributed by atoms with van der Waals surface area (Å²) in [4.78, 5) is 30.5. The van der Waals surface area contributed by atoms with Crippen molar-refractivity contribution < 1.29 is 4.52 Å². The van der Waals surface area contributed by atoms with E-state index in [4.69, 9.17) is 26.1 Å². The number of nitrogens with one attached hydrogen (secondary N) is 1. The first kappa shape index (κ1) is 22.6. The maximum atomic E-state index is 11.6. The Kier molecular flexibility index (Phi) is 6.12. The number of hydrogen-bond donors (Lipinski definition) is 1. The SMILES string of the molecule is CCN(C)c1nc2cc(-c3noc(=O)[nH]3)nc(-c3cncc(Cl)c3)c2n1C[C@H]1CC[C@H](C)CC1. The van der Waals surface area contributed by atoms with Gasteiger partial charge in [-0.1, -0.05) is 36.5 Å². The highest BCUT2D eigenvalue weighted by Gasteiger charge is 2.25. The highest BCUT2D eigenvalue weighted by Crippen LogP contribution is 2.36. The number of fused-ring (bicyclic) bond motifs is 1. The van der Waals surface area contributed by atoms with Gasteiger partial charge in [-0.2, -0.15) is 0 Å². The van der Waals surface area contributed by atoms with Crippen LogP contribution in [0.3, 0.4) is 0 Å². The third-order valence-electron chi connectivity index (χ3n) is 6.76. The average Bonchev–Trinajstić information content (AvgIpc) is 3.43. The van der Waals surface area contributed by atoms with Crippen LogP contribution >= 0.6 is 11.6 Å². The summed E-state index contributed by atoms with van der Waals surface area (Å²) >= 11 is 6.30.